The van der Waals surface area contributed by atoms with E-state index in [1.54, 1.807) is 0 Å². The van der Waals surface area contributed by atoms with Crippen LogP contribution in [-0.2, 0) is 103 Å². The van der Waals surface area contributed by atoms with E-state index in [2.05, 4.69) is 9.97 Å². The summed E-state index contributed by atoms with van der Waals surface area (Å²) in [5.74, 6) is 0. The average Bonchev–Trinajstić information content (AvgIpc) is 2.52. The van der Waals surface area contributed by atoms with Crippen molar-refractivity contribution in [2.45, 2.75) is 0 Å². The van der Waals surface area contributed by atoms with Gasteiger partial charge in [0.25, 0.3) is 0 Å². The van der Waals surface area contributed by atoms with Gasteiger partial charge in [0.15, 0.2) is 0 Å². The summed E-state index contributed by atoms with van der Waals surface area (Å²) in [5.41, 5.74) is -2.46. The van der Waals surface area contributed by atoms with Crippen LogP contribution in [0.15, 0.2) is 36.7 Å². The Balaban J connectivity index is -0.000000218. The zero-order valence-electron chi connectivity index (χ0n) is 14.3. The zero-order valence-corrected chi connectivity index (χ0v) is 27.0. The molecule has 14 nitrogen and oxygen atoms in total. The molecule has 0 aliphatic heterocycles. The molecule has 0 atom stereocenters. The fraction of sp³-hybridized carbons (Fsp3) is 0. The number of nitrogens with zero attached hydrogens (tertiary/aromatic N) is 2. The molecule has 0 unspecified atom stereocenters. The Kier molecular flexibility index (Phi) is 20.0. The predicted molar refractivity (Wildman–Crippen MR) is 77.4 cm³/mol. The monoisotopic (exact) mass is 1250 g/mol. The maximum Gasteiger partial charge on any atom is 2.00 e. The largest absolute Gasteiger partial charge is 2.00 e. The summed E-state index contributed by atoms with van der Waals surface area (Å²) in [6, 6.07) is 3.56. The van der Waals surface area contributed by atoms with Gasteiger partial charge in [-0.05, 0) is 42.5 Å². The molecule has 2 aromatic heterocycles. The van der Waals surface area contributed by atoms with E-state index in [-0.39, 0.29) is 84.3 Å². The van der Waals surface area contributed by atoms with Gasteiger partial charge in [-0.1, -0.05) is 12.1 Å². The van der Waals surface area contributed by atoms with Crippen molar-refractivity contribution in [3.05, 3.63) is 36.7 Å². The van der Waals surface area contributed by atoms with Crippen LogP contribution < -0.4 is 60.6 Å². The molecule has 0 amide bonds. The first kappa shape index (κ1) is 40.8. The molecule has 2 rings (SSSR count). The van der Waals surface area contributed by atoms with Crippen LogP contribution in [0.3, 0.4) is 0 Å². The van der Waals surface area contributed by atoms with E-state index >= 15 is 0 Å². The van der Waals surface area contributed by atoms with Crippen molar-refractivity contribution in [2.24, 2.45) is 0 Å². The van der Waals surface area contributed by atoms with Crippen LogP contribution in [0.5, 0.6) is 0 Å². The molecule has 2 heterocycles. The number of rotatable bonds is 4. The SMILES string of the molecule is O=P([O-])([O-])c1cccnc1P(=O)([O-])[O-].O=P([O-])([O-])c1cccnc1P(=O)([O-])[O-].[Pt+2].[Pt+2].[Pt+2].[Pt+2]. The molecule has 0 bridgehead atoms. The van der Waals surface area contributed by atoms with E-state index in [0.29, 0.717) is 0 Å². The number of hydrogen-bond donors (Lipinski definition) is 0. The van der Waals surface area contributed by atoms with Crippen molar-refractivity contribution < 1.29 is 142 Å². The second-order valence-corrected chi connectivity index (χ2v) is 10.5. The van der Waals surface area contributed by atoms with Gasteiger partial charge in [-0.3, -0.25) is 9.97 Å². The van der Waals surface area contributed by atoms with Crippen LogP contribution in [0.2, 0.25) is 0 Å². The molecule has 0 radical (unpaired) electrons. The minimum absolute atomic E-state index is 0. The summed E-state index contributed by atoms with van der Waals surface area (Å²) in [4.78, 5) is 90.3. The van der Waals surface area contributed by atoms with E-state index in [1.807, 2.05) is 0 Å². The first-order valence-corrected chi connectivity index (χ1v) is 12.6. The van der Waals surface area contributed by atoms with Crippen LogP contribution in [-0.4, -0.2) is 9.97 Å². The number of hydrogen-bond acceptors (Lipinski definition) is 14. The van der Waals surface area contributed by atoms with Gasteiger partial charge in [-0.25, -0.2) is 0 Å². The van der Waals surface area contributed by atoms with E-state index in [4.69, 9.17) is 0 Å². The molecular weight excluding hydrogens is 1240 g/mol. The third-order valence-corrected chi connectivity index (χ3v) is 6.65. The Labute approximate surface area is 238 Å². The summed E-state index contributed by atoms with van der Waals surface area (Å²) in [5, 5.41) is -2.18. The fourth-order valence-electron chi connectivity index (χ4n) is 1.63. The number of aromatic nitrogens is 2. The zero-order chi connectivity index (χ0) is 22.0. The summed E-state index contributed by atoms with van der Waals surface area (Å²) in [6.45, 7) is 0. The molecule has 0 aliphatic carbocycles. The second kappa shape index (κ2) is 15.7. The summed E-state index contributed by atoms with van der Waals surface area (Å²) >= 11 is 0. The van der Waals surface area contributed by atoms with Gasteiger partial charge < -0.3 is 57.4 Å². The maximum absolute atomic E-state index is 10.5. The molecule has 0 aliphatic rings. The Morgan fingerprint density at radius 2 is 0.750 bits per heavy atom. The molecule has 0 saturated carbocycles. The average molecular weight is 1250 g/mol. The van der Waals surface area contributed by atoms with Crippen molar-refractivity contribution in [3.8, 4) is 0 Å². The first-order chi connectivity index (χ1) is 12.5. The van der Waals surface area contributed by atoms with E-state index in [1.165, 1.54) is 0 Å². The Bertz CT molecular complexity index is 886. The van der Waals surface area contributed by atoms with Crippen LogP contribution >= 0.6 is 30.4 Å². The molecule has 0 N–H and O–H groups in total. The van der Waals surface area contributed by atoms with Crippen LogP contribution in [0.4, 0.5) is 0 Å². The van der Waals surface area contributed by atoms with Crippen molar-refractivity contribution in [1.82, 2.24) is 9.97 Å². The van der Waals surface area contributed by atoms with Gasteiger partial charge in [0.2, 0.25) is 0 Å². The summed E-state index contributed by atoms with van der Waals surface area (Å²) < 4.78 is 42.1. The Morgan fingerprint density at radius 3 is 0.906 bits per heavy atom. The van der Waals surface area contributed by atoms with Crippen LogP contribution in [0.25, 0.3) is 0 Å². The third-order valence-electron chi connectivity index (χ3n) is 2.64. The van der Waals surface area contributed by atoms with Gasteiger partial charge in [-0.15, -0.1) is 0 Å². The van der Waals surface area contributed by atoms with Crippen LogP contribution in [0, 0.1) is 0 Å². The van der Waals surface area contributed by atoms with Crippen LogP contribution in [0.1, 0.15) is 0 Å². The summed E-state index contributed by atoms with van der Waals surface area (Å²) in [7, 11) is -21.2. The van der Waals surface area contributed by atoms with E-state index < -0.39 is 51.9 Å². The van der Waals surface area contributed by atoms with Gasteiger partial charge in [-0.2, -0.15) is 0 Å². The minimum atomic E-state index is -5.34. The van der Waals surface area contributed by atoms with Gasteiger partial charge in [0.05, 0.1) is 10.9 Å². The van der Waals surface area contributed by atoms with Crippen molar-refractivity contribution in [3.63, 3.8) is 0 Å². The van der Waals surface area contributed by atoms with E-state index in [0.717, 1.165) is 36.7 Å². The summed E-state index contributed by atoms with van der Waals surface area (Å²) in [6.07, 6.45) is 1.83. The molecule has 188 valence electrons. The third kappa shape index (κ3) is 13.1. The Hall–Kier alpha value is 1.65. The second-order valence-electron chi connectivity index (χ2n) is 4.68. The molecule has 0 saturated heterocycles. The predicted octanol–water partition coefficient (Wildman–Crippen LogP) is -7.69. The molecule has 32 heavy (non-hydrogen) atoms. The van der Waals surface area contributed by atoms with Crippen molar-refractivity contribution in [1.29, 1.82) is 0 Å². The number of pyridine rings is 2. The topological polar surface area (TPSA) is 279 Å². The van der Waals surface area contributed by atoms with Gasteiger partial charge in [0, 0.05) is 23.0 Å². The molecular formula is C10H6N2O12P4Pt4. The molecule has 0 fully saturated rings. The standard InChI is InChI=1S/2C5H7NO6P2.4Pt/c2*7-13(8,9)4-2-1-3-6-5(4)14(10,11)12;;;;/h2*1-3H,(H2,7,8,9)(H2,10,11,12);;;;/q;;4*+2/p-8. The molecule has 0 spiro atoms. The maximum atomic E-state index is 10.5. The first-order valence-electron chi connectivity index (χ1n) is 6.46. The van der Waals surface area contributed by atoms with Crippen molar-refractivity contribution >= 4 is 51.9 Å². The molecule has 2 aromatic rings. The normalized spacial score (nSPS) is 11.2. The fourth-order valence-corrected chi connectivity index (χ4v) is 5.37. The molecule has 0 aromatic carbocycles. The Morgan fingerprint density at radius 1 is 0.500 bits per heavy atom. The quantitative estimate of drug-likeness (QED) is 0.258. The minimum Gasteiger partial charge on any atom is -0.807 e. The van der Waals surface area contributed by atoms with Gasteiger partial charge in [0.1, 0.15) is 0 Å². The molecule has 22 heteroatoms. The van der Waals surface area contributed by atoms with Gasteiger partial charge >= 0.3 is 84.3 Å². The van der Waals surface area contributed by atoms with Crippen molar-refractivity contribution in [2.75, 3.05) is 0 Å². The van der Waals surface area contributed by atoms with E-state index in [9.17, 15) is 57.4 Å². The smallest absolute Gasteiger partial charge is 0.807 e.